The molecule has 0 amide bonds. The zero-order chi connectivity index (χ0) is 19.1. The Hall–Kier alpha value is -2.45. The number of nitrogens with zero attached hydrogens (tertiary/aromatic N) is 4. The van der Waals surface area contributed by atoms with Crippen LogP contribution in [0.4, 0.5) is 8.78 Å². The van der Waals surface area contributed by atoms with Gasteiger partial charge in [0.2, 0.25) is 5.24 Å². The zero-order valence-electron chi connectivity index (χ0n) is 14.3. The second-order valence-electron chi connectivity index (χ2n) is 6.51. The summed E-state index contributed by atoms with van der Waals surface area (Å²) in [5.74, 6) is -1.01. The van der Waals surface area contributed by atoms with Gasteiger partial charge in [-0.15, -0.1) is 0 Å². The van der Waals surface area contributed by atoms with Crippen molar-refractivity contribution in [2.24, 2.45) is 5.73 Å². The highest BCUT2D eigenvalue weighted by molar-refractivity contribution is 6.63. The van der Waals surface area contributed by atoms with E-state index in [4.69, 9.17) is 17.3 Å². The monoisotopic (exact) mass is 391 g/mol. The smallest absolute Gasteiger partial charge is 0.229 e. The standard InChI is InChI=1S/C18H16ClF2N5O/c19-16(27)7-17-23-8-10(13(24-17)3-4-22)18-25-14-5-11(20)12(21)6-15(14)26(18)9-1-2-9/h5-6,8-9H,1-4,7,22H2. The molecule has 1 saturated carbocycles. The highest BCUT2D eigenvalue weighted by Crippen LogP contribution is 2.42. The number of halogens is 3. The van der Waals surface area contributed by atoms with Crippen LogP contribution in [0.5, 0.6) is 0 Å². The lowest BCUT2D eigenvalue weighted by molar-refractivity contribution is -0.111. The van der Waals surface area contributed by atoms with Crippen LogP contribution in [0, 0.1) is 11.6 Å². The number of nitrogens with two attached hydrogens (primary N) is 1. The van der Waals surface area contributed by atoms with Crippen LogP contribution in [0.2, 0.25) is 0 Å². The van der Waals surface area contributed by atoms with E-state index in [1.807, 2.05) is 4.57 Å². The third-order valence-electron chi connectivity index (χ3n) is 4.48. The highest BCUT2D eigenvalue weighted by Gasteiger charge is 2.30. The summed E-state index contributed by atoms with van der Waals surface area (Å²) in [5, 5.41) is -0.558. The van der Waals surface area contributed by atoms with Gasteiger partial charge in [0.25, 0.3) is 0 Å². The first-order valence-corrected chi connectivity index (χ1v) is 8.96. The van der Waals surface area contributed by atoms with Gasteiger partial charge in [-0.2, -0.15) is 0 Å². The second kappa shape index (κ2) is 6.94. The zero-order valence-corrected chi connectivity index (χ0v) is 15.0. The van der Waals surface area contributed by atoms with Crippen LogP contribution in [0.15, 0.2) is 18.3 Å². The van der Waals surface area contributed by atoms with Crippen molar-refractivity contribution >= 4 is 27.9 Å². The summed E-state index contributed by atoms with van der Waals surface area (Å²) in [6.07, 6.45) is 3.79. The van der Waals surface area contributed by atoms with Gasteiger partial charge in [0, 0.05) is 30.8 Å². The number of benzene rings is 1. The first-order chi connectivity index (χ1) is 13.0. The van der Waals surface area contributed by atoms with E-state index in [1.54, 1.807) is 6.20 Å². The van der Waals surface area contributed by atoms with Crippen LogP contribution >= 0.6 is 11.6 Å². The molecule has 0 bridgehead atoms. The van der Waals surface area contributed by atoms with Crippen LogP contribution in [-0.2, 0) is 17.6 Å². The summed E-state index contributed by atoms with van der Waals surface area (Å²) in [6.45, 7) is 0.338. The molecule has 3 aromatic rings. The fraction of sp³-hybridized carbons (Fsp3) is 0.333. The van der Waals surface area contributed by atoms with Crippen molar-refractivity contribution in [2.45, 2.75) is 31.7 Å². The quantitative estimate of drug-likeness (QED) is 0.653. The Morgan fingerprint density at radius 3 is 2.67 bits per heavy atom. The molecule has 1 aromatic carbocycles. The maximum Gasteiger partial charge on any atom is 0.229 e. The lowest BCUT2D eigenvalue weighted by Crippen LogP contribution is -2.11. The summed E-state index contributed by atoms with van der Waals surface area (Å²) in [4.78, 5) is 24.3. The van der Waals surface area contributed by atoms with E-state index in [0.29, 0.717) is 46.9 Å². The van der Waals surface area contributed by atoms with Gasteiger partial charge in [0.1, 0.15) is 11.6 Å². The third-order valence-corrected chi connectivity index (χ3v) is 4.61. The Morgan fingerprint density at radius 1 is 1.26 bits per heavy atom. The van der Waals surface area contributed by atoms with Crippen LogP contribution in [0.25, 0.3) is 22.4 Å². The molecule has 1 fully saturated rings. The molecule has 0 unspecified atom stereocenters. The minimum atomic E-state index is -0.941. The van der Waals surface area contributed by atoms with Gasteiger partial charge in [0.05, 0.1) is 28.7 Å². The number of carbonyl (C=O) groups is 1. The molecule has 1 aliphatic carbocycles. The lowest BCUT2D eigenvalue weighted by Gasteiger charge is -2.12. The van der Waals surface area contributed by atoms with Crippen molar-refractivity contribution in [1.82, 2.24) is 19.5 Å². The summed E-state index contributed by atoms with van der Waals surface area (Å²) in [5.41, 5.74) is 7.86. The van der Waals surface area contributed by atoms with Gasteiger partial charge < -0.3 is 10.3 Å². The molecule has 2 N–H and O–H groups in total. The molecule has 1 aliphatic rings. The summed E-state index contributed by atoms with van der Waals surface area (Å²) < 4.78 is 29.4. The number of aromatic nitrogens is 4. The minimum Gasteiger partial charge on any atom is -0.330 e. The molecule has 0 spiro atoms. The molecule has 0 aliphatic heterocycles. The number of hydrogen-bond donors (Lipinski definition) is 1. The van der Waals surface area contributed by atoms with Crippen molar-refractivity contribution in [3.05, 3.63) is 41.5 Å². The van der Waals surface area contributed by atoms with E-state index in [2.05, 4.69) is 15.0 Å². The van der Waals surface area contributed by atoms with Crippen molar-refractivity contribution in [3.63, 3.8) is 0 Å². The lowest BCUT2D eigenvalue weighted by atomic mass is 10.1. The van der Waals surface area contributed by atoms with Crippen LogP contribution < -0.4 is 5.73 Å². The Morgan fingerprint density at radius 2 is 2.00 bits per heavy atom. The summed E-state index contributed by atoms with van der Waals surface area (Å²) in [7, 11) is 0. The minimum absolute atomic E-state index is 0.0884. The molecular weight excluding hydrogens is 376 g/mol. The Bertz CT molecular complexity index is 1050. The molecule has 4 rings (SSSR count). The third kappa shape index (κ3) is 3.42. The van der Waals surface area contributed by atoms with Crippen molar-refractivity contribution in [2.75, 3.05) is 6.54 Å². The molecule has 9 heteroatoms. The maximum atomic E-state index is 13.8. The highest BCUT2D eigenvalue weighted by atomic mass is 35.5. The number of hydrogen-bond acceptors (Lipinski definition) is 5. The first kappa shape index (κ1) is 17.9. The van der Waals surface area contributed by atoms with Crippen LogP contribution in [-0.4, -0.2) is 31.3 Å². The SMILES string of the molecule is NCCc1nc(CC(=O)Cl)ncc1-c1nc2cc(F)c(F)cc2n1C1CC1. The first-order valence-electron chi connectivity index (χ1n) is 8.58. The molecule has 0 atom stereocenters. The molecule has 0 radical (unpaired) electrons. The second-order valence-corrected chi connectivity index (χ2v) is 6.93. The van der Waals surface area contributed by atoms with Crippen molar-refractivity contribution < 1.29 is 13.6 Å². The van der Waals surface area contributed by atoms with Gasteiger partial charge in [0.15, 0.2) is 11.6 Å². The largest absolute Gasteiger partial charge is 0.330 e. The van der Waals surface area contributed by atoms with Crippen LogP contribution in [0.1, 0.15) is 30.4 Å². The van der Waals surface area contributed by atoms with Gasteiger partial charge in [-0.25, -0.2) is 23.7 Å². The summed E-state index contributed by atoms with van der Waals surface area (Å²) >= 11 is 5.43. The molecule has 27 heavy (non-hydrogen) atoms. The summed E-state index contributed by atoms with van der Waals surface area (Å²) in [6, 6.07) is 2.44. The predicted molar refractivity (Wildman–Crippen MR) is 96.3 cm³/mol. The van der Waals surface area contributed by atoms with Crippen molar-refractivity contribution in [3.8, 4) is 11.4 Å². The number of rotatable bonds is 6. The van der Waals surface area contributed by atoms with E-state index in [-0.39, 0.29) is 12.5 Å². The van der Waals surface area contributed by atoms with Gasteiger partial charge >= 0.3 is 0 Å². The van der Waals surface area contributed by atoms with E-state index in [9.17, 15) is 13.6 Å². The van der Waals surface area contributed by atoms with Crippen LogP contribution in [0.3, 0.4) is 0 Å². The number of imidazole rings is 1. The number of fused-ring (bicyclic) bond motifs is 1. The molecule has 2 aromatic heterocycles. The molecule has 140 valence electrons. The van der Waals surface area contributed by atoms with E-state index < -0.39 is 16.9 Å². The maximum absolute atomic E-state index is 13.8. The topological polar surface area (TPSA) is 86.7 Å². The Kier molecular flexibility index (Phi) is 4.61. The molecule has 6 nitrogen and oxygen atoms in total. The van der Waals surface area contributed by atoms with Gasteiger partial charge in [-0.1, -0.05) is 0 Å². The fourth-order valence-corrected chi connectivity index (χ4v) is 3.28. The number of carbonyl (C=O) groups excluding carboxylic acids is 1. The van der Waals surface area contributed by atoms with Gasteiger partial charge in [-0.3, -0.25) is 4.79 Å². The average molecular weight is 392 g/mol. The molecule has 2 heterocycles. The van der Waals surface area contributed by atoms with Crippen molar-refractivity contribution in [1.29, 1.82) is 0 Å². The predicted octanol–water partition coefficient (Wildman–Crippen LogP) is 2.92. The van der Waals surface area contributed by atoms with E-state index in [0.717, 1.165) is 18.9 Å². The Balaban J connectivity index is 1.91. The molecule has 0 saturated heterocycles. The Labute approximate surface area is 158 Å². The molecular formula is C18H16ClF2N5O. The van der Waals surface area contributed by atoms with E-state index in [1.165, 1.54) is 6.07 Å². The van der Waals surface area contributed by atoms with E-state index >= 15 is 0 Å². The average Bonchev–Trinajstić information content (AvgIpc) is 3.38. The van der Waals surface area contributed by atoms with Gasteiger partial charge in [-0.05, 0) is 31.0 Å². The fourth-order valence-electron chi connectivity index (χ4n) is 3.16. The normalized spacial score (nSPS) is 14.1.